The Morgan fingerprint density at radius 2 is 1.89 bits per heavy atom. The number of nitrogens with two attached hydrogens (primary N) is 1. The van der Waals surface area contributed by atoms with Crippen molar-refractivity contribution in [2.75, 3.05) is 38.1 Å². The van der Waals surface area contributed by atoms with Crippen LogP contribution in [0.4, 0.5) is 5.69 Å². The van der Waals surface area contributed by atoms with Crippen molar-refractivity contribution in [3.63, 3.8) is 0 Å². The van der Waals surface area contributed by atoms with Crippen LogP contribution in [0.1, 0.15) is 6.92 Å². The molecule has 0 radical (unpaired) electrons. The van der Waals surface area contributed by atoms with Gasteiger partial charge < -0.3 is 15.5 Å². The molecule has 3 nitrogen and oxygen atoms in total. The number of hydrogen-bond donors (Lipinski definition) is 1. The Kier molecular flexibility index (Phi) is 4.49. The molecule has 18 heavy (non-hydrogen) atoms. The number of halogens is 1. The lowest BCUT2D eigenvalue weighted by Gasteiger charge is -2.32. The molecule has 100 valence electrons. The van der Waals surface area contributed by atoms with Crippen LogP contribution in [-0.4, -0.2) is 44.2 Å². The van der Waals surface area contributed by atoms with E-state index < -0.39 is 0 Å². The SMILES string of the molecule is CC1CN(C)CC(CN)N(c2ccc(Cl)cc2)C1. The zero-order chi connectivity index (χ0) is 13.1. The molecule has 1 fully saturated rings. The lowest BCUT2D eigenvalue weighted by molar-refractivity contribution is 0.304. The Labute approximate surface area is 115 Å². The summed E-state index contributed by atoms with van der Waals surface area (Å²) >= 11 is 5.95. The van der Waals surface area contributed by atoms with Gasteiger partial charge in [-0.15, -0.1) is 0 Å². The Bertz CT molecular complexity index is 379. The second-order valence-electron chi connectivity index (χ2n) is 5.34. The van der Waals surface area contributed by atoms with E-state index in [1.54, 1.807) is 0 Å². The summed E-state index contributed by atoms with van der Waals surface area (Å²) in [4.78, 5) is 4.79. The monoisotopic (exact) mass is 267 g/mol. The molecule has 1 saturated heterocycles. The summed E-state index contributed by atoms with van der Waals surface area (Å²) in [5, 5.41) is 0.781. The molecule has 1 aromatic carbocycles. The quantitative estimate of drug-likeness (QED) is 0.890. The largest absolute Gasteiger partial charge is 0.366 e. The van der Waals surface area contributed by atoms with Crippen LogP contribution in [0.25, 0.3) is 0 Å². The molecule has 2 rings (SSSR count). The Morgan fingerprint density at radius 3 is 2.50 bits per heavy atom. The van der Waals surface area contributed by atoms with E-state index in [2.05, 4.69) is 35.9 Å². The summed E-state index contributed by atoms with van der Waals surface area (Å²) in [6.45, 7) is 6.16. The van der Waals surface area contributed by atoms with Gasteiger partial charge in [0.05, 0.1) is 6.04 Å². The van der Waals surface area contributed by atoms with E-state index in [9.17, 15) is 0 Å². The standard InChI is InChI=1S/C14H22ClN3/c1-11-8-17(2)10-14(7-16)18(9-11)13-5-3-12(15)4-6-13/h3-6,11,14H,7-10,16H2,1-2H3. The number of likely N-dealkylation sites (N-methyl/N-ethyl adjacent to an activating group) is 1. The highest BCUT2D eigenvalue weighted by Gasteiger charge is 2.25. The van der Waals surface area contributed by atoms with Crippen molar-refractivity contribution in [2.45, 2.75) is 13.0 Å². The van der Waals surface area contributed by atoms with Gasteiger partial charge >= 0.3 is 0 Å². The molecule has 0 spiro atoms. The fraction of sp³-hybridized carbons (Fsp3) is 0.571. The Balaban J connectivity index is 2.24. The molecule has 1 aromatic rings. The lowest BCUT2D eigenvalue weighted by atomic mass is 10.1. The molecule has 0 saturated carbocycles. The summed E-state index contributed by atoms with van der Waals surface area (Å²) in [5.74, 6) is 0.641. The smallest absolute Gasteiger partial charge is 0.0539 e. The fourth-order valence-electron chi connectivity index (χ4n) is 2.76. The number of rotatable bonds is 2. The number of nitrogens with zero attached hydrogens (tertiary/aromatic N) is 2. The van der Waals surface area contributed by atoms with Gasteiger partial charge in [-0.25, -0.2) is 0 Å². The van der Waals surface area contributed by atoms with Crippen molar-refractivity contribution in [1.82, 2.24) is 4.90 Å². The number of anilines is 1. The van der Waals surface area contributed by atoms with Crippen LogP contribution in [0.3, 0.4) is 0 Å². The Morgan fingerprint density at radius 1 is 1.22 bits per heavy atom. The molecule has 0 aliphatic carbocycles. The molecular formula is C14H22ClN3. The summed E-state index contributed by atoms with van der Waals surface area (Å²) < 4.78 is 0. The molecule has 0 aromatic heterocycles. The van der Waals surface area contributed by atoms with Crippen molar-refractivity contribution < 1.29 is 0 Å². The minimum atomic E-state index is 0.376. The molecule has 0 amide bonds. The maximum absolute atomic E-state index is 5.95. The number of hydrogen-bond acceptors (Lipinski definition) is 3. The molecule has 1 aliphatic heterocycles. The van der Waals surface area contributed by atoms with Gasteiger partial charge in [0, 0.05) is 36.9 Å². The van der Waals surface area contributed by atoms with E-state index in [1.165, 1.54) is 5.69 Å². The average Bonchev–Trinajstić information content (AvgIpc) is 2.48. The molecular weight excluding hydrogens is 246 g/mol. The summed E-state index contributed by atoms with van der Waals surface area (Å²) in [6.07, 6.45) is 0. The zero-order valence-electron chi connectivity index (χ0n) is 11.1. The lowest BCUT2D eigenvalue weighted by Crippen LogP contribution is -2.45. The summed E-state index contributed by atoms with van der Waals surface area (Å²) in [7, 11) is 2.17. The molecule has 2 atom stereocenters. The van der Waals surface area contributed by atoms with Crippen LogP contribution in [0.5, 0.6) is 0 Å². The molecule has 1 aliphatic rings. The zero-order valence-corrected chi connectivity index (χ0v) is 11.9. The molecule has 2 N–H and O–H groups in total. The van der Waals surface area contributed by atoms with Crippen LogP contribution in [-0.2, 0) is 0 Å². The van der Waals surface area contributed by atoms with Crippen LogP contribution < -0.4 is 10.6 Å². The first-order valence-electron chi connectivity index (χ1n) is 6.51. The first kappa shape index (κ1) is 13.7. The van der Waals surface area contributed by atoms with E-state index in [-0.39, 0.29) is 0 Å². The third-order valence-electron chi connectivity index (χ3n) is 3.53. The number of benzene rings is 1. The highest BCUT2D eigenvalue weighted by molar-refractivity contribution is 6.30. The van der Waals surface area contributed by atoms with Crippen molar-refractivity contribution in [3.8, 4) is 0 Å². The van der Waals surface area contributed by atoms with Gasteiger partial charge in [-0.1, -0.05) is 18.5 Å². The van der Waals surface area contributed by atoms with Crippen LogP contribution in [0, 0.1) is 5.92 Å². The van der Waals surface area contributed by atoms with Gasteiger partial charge in [0.25, 0.3) is 0 Å². The van der Waals surface area contributed by atoms with Gasteiger partial charge in [-0.3, -0.25) is 0 Å². The van der Waals surface area contributed by atoms with Crippen molar-refractivity contribution >= 4 is 17.3 Å². The first-order chi connectivity index (χ1) is 8.60. The third-order valence-corrected chi connectivity index (χ3v) is 3.78. The second-order valence-corrected chi connectivity index (χ2v) is 5.78. The topological polar surface area (TPSA) is 32.5 Å². The van der Waals surface area contributed by atoms with Gasteiger partial charge in [0.1, 0.15) is 0 Å². The summed E-state index contributed by atoms with van der Waals surface area (Å²) in [5.41, 5.74) is 7.16. The minimum Gasteiger partial charge on any atom is -0.366 e. The maximum Gasteiger partial charge on any atom is 0.0539 e. The minimum absolute atomic E-state index is 0.376. The molecule has 1 heterocycles. The van der Waals surface area contributed by atoms with Crippen molar-refractivity contribution in [2.24, 2.45) is 11.7 Å². The second kappa shape index (κ2) is 5.91. The van der Waals surface area contributed by atoms with E-state index in [0.717, 1.165) is 24.7 Å². The van der Waals surface area contributed by atoms with E-state index in [0.29, 0.717) is 18.5 Å². The van der Waals surface area contributed by atoms with E-state index in [4.69, 9.17) is 17.3 Å². The third kappa shape index (κ3) is 3.16. The van der Waals surface area contributed by atoms with Gasteiger partial charge in [0.2, 0.25) is 0 Å². The van der Waals surface area contributed by atoms with Crippen LogP contribution in [0.15, 0.2) is 24.3 Å². The van der Waals surface area contributed by atoms with Crippen molar-refractivity contribution in [1.29, 1.82) is 0 Å². The molecule has 4 heteroatoms. The van der Waals surface area contributed by atoms with Gasteiger partial charge in [0.15, 0.2) is 0 Å². The highest BCUT2D eigenvalue weighted by Crippen LogP contribution is 2.23. The fourth-order valence-corrected chi connectivity index (χ4v) is 2.88. The Hall–Kier alpha value is -0.770. The predicted molar refractivity (Wildman–Crippen MR) is 78.3 cm³/mol. The van der Waals surface area contributed by atoms with Gasteiger partial charge in [-0.2, -0.15) is 0 Å². The highest BCUT2D eigenvalue weighted by atomic mass is 35.5. The predicted octanol–water partition coefficient (Wildman–Crippen LogP) is 2.06. The molecule has 2 unspecified atom stereocenters. The van der Waals surface area contributed by atoms with Crippen LogP contribution >= 0.6 is 11.6 Å². The van der Waals surface area contributed by atoms with E-state index >= 15 is 0 Å². The van der Waals surface area contributed by atoms with Gasteiger partial charge in [-0.05, 0) is 37.2 Å². The average molecular weight is 268 g/mol. The van der Waals surface area contributed by atoms with E-state index in [1.807, 2.05) is 12.1 Å². The normalized spacial score (nSPS) is 26.1. The first-order valence-corrected chi connectivity index (χ1v) is 6.88. The van der Waals surface area contributed by atoms with Crippen LogP contribution in [0.2, 0.25) is 5.02 Å². The molecule has 0 bridgehead atoms. The van der Waals surface area contributed by atoms with Crippen molar-refractivity contribution in [3.05, 3.63) is 29.3 Å². The summed E-state index contributed by atoms with van der Waals surface area (Å²) in [6, 6.07) is 8.45. The maximum atomic E-state index is 5.95.